The third-order valence-electron chi connectivity index (χ3n) is 5.53. The number of ether oxygens (including phenoxy) is 2. The van der Waals surface area contributed by atoms with Gasteiger partial charge in [-0.1, -0.05) is 26.0 Å². The molecule has 1 atom stereocenters. The molecule has 1 unspecified atom stereocenters. The Morgan fingerprint density at radius 2 is 2.03 bits per heavy atom. The van der Waals surface area contributed by atoms with Crippen LogP contribution in [0.4, 0.5) is 0 Å². The third-order valence-corrected chi connectivity index (χ3v) is 5.53. The maximum absolute atomic E-state index is 6.21. The minimum absolute atomic E-state index is 0. The largest absolute Gasteiger partial charge is 0.488 e. The molecule has 1 aromatic carbocycles. The van der Waals surface area contributed by atoms with Gasteiger partial charge in [0.05, 0.1) is 18.9 Å². The summed E-state index contributed by atoms with van der Waals surface area (Å²) in [5.41, 5.74) is 5.98. The van der Waals surface area contributed by atoms with Crippen molar-refractivity contribution < 1.29 is 9.47 Å². The number of guanidine groups is 1. The van der Waals surface area contributed by atoms with Crippen molar-refractivity contribution in [1.82, 2.24) is 20.4 Å². The predicted octanol–water partition coefficient (Wildman–Crippen LogP) is 3.50. The van der Waals surface area contributed by atoms with Crippen LogP contribution < -0.4 is 15.4 Å². The Labute approximate surface area is 203 Å². The number of hydrogen-bond acceptors (Lipinski definition) is 4. The van der Waals surface area contributed by atoms with E-state index in [4.69, 9.17) is 9.47 Å². The predicted molar refractivity (Wildman–Crippen MR) is 135 cm³/mol. The second kappa shape index (κ2) is 12.3. The number of aliphatic imine (C=N–C) groups is 1. The van der Waals surface area contributed by atoms with E-state index in [1.165, 1.54) is 16.8 Å². The van der Waals surface area contributed by atoms with E-state index in [0.29, 0.717) is 19.7 Å². The van der Waals surface area contributed by atoms with Crippen molar-refractivity contribution in [1.29, 1.82) is 0 Å². The highest BCUT2D eigenvalue weighted by molar-refractivity contribution is 14.0. The van der Waals surface area contributed by atoms with Crippen molar-refractivity contribution in [3.05, 3.63) is 46.3 Å². The first kappa shape index (κ1) is 25.5. The fourth-order valence-electron chi connectivity index (χ4n) is 3.87. The van der Waals surface area contributed by atoms with Gasteiger partial charge < -0.3 is 20.1 Å². The van der Waals surface area contributed by atoms with Crippen LogP contribution in [0.15, 0.2) is 23.2 Å². The molecule has 0 spiro atoms. The molecular formula is C23H36IN5O2. The zero-order valence-corrected chi connectivity index (χ0v) is 21.7. The lowest BCUT2D eigenvalue weighted by molar-refractivity contribution is 0.140. The van der Waals surface area contributed by atoms with E-state index in [9.17, 15) is 0 Å². The van der Waals surface area contributed by atoms with Gasteiger partial charge in [-0.05, 0) is 31.4 Å². The Kier molecular flexibility index (Phi) is 10.1. The summed E-state index contributed by atoms with van der Waals surface area (Å²) in [5, 5.41) is 11.5. The highest BCUT2D eigenvalue weighted by Gasteiger charge is 2.19. The number of halogens is 1. The van der Waals surface area contributed by atoms with Crippen LogP contribution in [-0.2, 0) is 37.7 Å². The summed E-state index contributed by atoms with van der Waals surface area (Å²) in [6.07, 6.45) is 2.95. The Morgan fingerprint density at radius 3 is 2.68 bits per heavy atom. The quantitative estimate of drug-likeness (QED) is 0.304. The number of nitrogens with zero attached hydrogens (tertiary/aromatic N) is 3. The summed E-state index contributed by atoms with van der Waals surface area (Å²) in [6, 6.07) is 6.33. The van der Waals surface area contributed by atoms with Gasteiger partial charge in [-0.15, -0.1) is 24.0 Å². The molecule has 172 valence electrons. The van der Waals surface area contributed by atoms with E-state index < -0.39 is 0 Å². The van der Waals surface area contributed by atoms with Crippen LogP contribution in [0, 0.1) is 6.92 Å². The normalized spacial score (nSPS) is 16.2. The lowest BCUT2D eigenvalue weighted by atomic mass is 10.1. The van der Waals surface area contributed by atoms with E-state index in [1.807, 2.05) is 11.7 Å². The number of hydrogen-bond donors (Lipinski definition) is 2. The molecular weight excluding hydrogens is 505 g/mol. The zero-order valence-electron chi connectivity index (χ0n) is 19.3. The monoisotopic (exact) mass is 541 g/mol. The Morgan fingerprint density at radius 1 is 1.26 bits per heavy atom. The highest BCUT2D eigenvalue weighted by atomic mass is 127. The lowest BCUT2D eigenvalue weighted by Crippen LogP contribution is -2.36. The van der Waals surface area contributed by atoms with Gasteiger partial charge in [0, 0.05) is 50.4 Å². The van der Waals surface area contributed by atoms with E-state index in [0.717, 1.165) is 48.8 Å². The molecule has 0 radical (unpaired) electrons. The Balaban J connectivity index is 0.00000341. The molecule has 2 aromatic rings. The molecule has 2 heterocycles. The number of nitrogens with one attached hydrogen (secondary N) is 2. The molecule has 31 heavy (non-hydrogen) atoms. The van der Waals surface area contributed by atoms with Crippen molar-refractivity contribution in [2.75, 3.05) is 20.3 Å². The molecule has 7 nitrogen and oxygen atoms in total. The van der Waals surface area contributed by atoms with Crippen LogP contribution in [0.1, 0.15) is 48.3 Å². The molecule has 3 rings (SSSR count). The maximum atomic E-state index is 6.21. The van der Waals surface area contributed by atoms with Gasteiger partial charge in [0.1, 0.15) is 11.9 Å². The first-order chi connectivity index (χ1) is 14.5. The van der Waals surface area contributed by atoms with Crippen molar-refractivity contribution in [3.8, 4) is 5.75 Å². The van der Waals surface area contributed by atoms with Crippen LogP contribution >= 0.6 is 24.0 Å². The van der Waals surface area contributed by atoms with Crippen molar-refractivity contribution in [2.45, 2.75) is 59.2 Å². The van der Waals surface area contributed by atoms with Crippen LogP contribution in [-0.4, -0.2) is 42.1 Å². The molecule has 0 saturated carbocycles. The van der Waals surface area contributed by atoms with Crippen molar-refractivity contribution >= 4 is 29.9 Å². The summed E-state index contributed by atoms with van der Waals surface area (Å²) in [4.78, 5) is 4.39. The van der Waals surface area contributed by atoms with Crippen LogP contribution in [0.3, 0.4) is 0 Å². The van der Waals surface area contributed by atoms with E-state index in [2.05, 4.69) is 59.7 Å². The lowest BCUT2D eigenvalue weighted by Gasteiger charge is -2.18. The van der Waals surface area contributed by atoms with Crippen molar-refractivity contribution in [2.24, 2.45) is 12.0 Å². The van der Waals surface area contributed by atoms with Gasteiger partial charge in [-0.2, -0.15) is 5.10 Å². The SMILES string of the molecule is CCc1nn(C)c(CC)c1CNC(=NC)NCc1ccc(C)cc1OC1CCOC1.I. The molecule has 1 aromatic heterocycles. The molecule has 1 aliphatic heterocycles. The van der Waals surface area contributed by atoms with E-state index in [-0.39, 0.29) is 30.1 Å². The van der Waals surface area contributed by atoms with E-state index >= 15 is 0 Å². The third kappa shape index (κ3) is 6.58. The Bertz CT molecular complexity index is 875. The minimum atomic E-state index is 0. The average Bonchev–Trinajstić information content (AvgIpc) is 3.36. The molecule has 1 saturated heterocycles. The number of rotatable bonds is 8. The smallest absolute Gasteiger partial charge is 0.191 e. The maximum Gasteiger partial charge on any atom is 0.191 e. The minimum Gasteiger partial charge on any atom is -0.488 e. The average molecular weight is 541 g/mol. The summed E-state index contributed by atoms with van der Waals surface area (Å²) in [6.45, 7) is 9.17. The number of aryl methyl sites for hydroxylation is 3. The summed E-state index contributed by atoms with van der Waals surface area (Å²) < 4.78 is 13.7. The summed E-state index contributed by atoms with van der Waals surface area (Å²) in [5.74, 6) is 1.68. The highest BCUT2D eigenvalue weighted by Crippen LogP contribution is 2.24. The van der Waals surface area contributed by atoms with Gasteiger partial charge in [0.2, 0.25) is 0 Å². The van der Waals surface area contributed by atoms with Crippen LogP contribution in [0.25, 0.3) is 0 Å². The molecule has 0 bridgehead atoms. The number of benzene rings is 1. The van der Waals surface area contributed by atoms with Gasteiger partial charge in [0.25, 0.3) is 0 Å². The molecule has 0 aliphatic carbocycles. The first-order valence-corrected chi connectivity index (χ1v) is 10.9. The summed E-state index contributed by atoms with van der Waals surface area (Å²) in [7, 11) is 3.81. The fourth-order valence-corrected chi connectivity index (χ4v) is 3.87. The van der Waals surface area contributed by atoms with Gasteiger partial charge in [-0.3, -0.25) is 9.67 Å². The zero-order chi connectivity index (χ0) is 21.5. The van der Waals surface area contributed by atoms with Crippen LogP contribution in [0.2, 0.25) is 0 Å². The van der Waals surface area contributed by atoms with Crippen LogP contribution in [0.5, 0.6) is 5.75 Å². The molecule has 1 aliphatic rings. The second-order valence-electron chi connectivity index (χ2n) is 7.70. The van der Waals surface area contributed by atoms with Crippen molar-refractivity contribution in [3.63, 3.8) is 0 Å². The van der Waals surface area contributed by atoms with E-state index in [1.54, 1.807) is 7.05 Å². The first-order valence-electron chi connectivity index (χ1n) is 10.9. The molecule has 2 N–H and O–H groups in total. The fraction of sp³-hybridized carbons (Fsp3) is 0.565. The second-order valence-corrected chi connectivity index (χ2v) is 7.70. The standard InChI is InChI=1S/C23H35N5O2.HI/c1-6-20-19(21(7-2)28(5)27-20)14-26-23(24-4)25-13-17-9-8-16(3)12-22(17)30-18-10-11-29-15-18;/h8-9,12,18H,6-7,10-11,13-15H2,1-5H3,(H2,24,25,26);1H. The molecule has 8 heteroatoms. The van der Waals surface area contributed by atoms with Gasteiger partial charge >= 0.3 is 0 Å². The van der Waals surface area contributed by atoms with Gasteiger partial charge in [-0.25, -0.2) is 0 Å². The van der Waals surface area contributed by atoms with Gasteiger partial charge in [0.15, 0.2) is 5.96 Å². The Hall–Kier alpha value is -1.81. The number of aromatic nitrogens is 2. The topological polar surface area (TPSA) is 72.7 Å². The summed E-state index contributed by atoms with van der Waals surface area (Å²) >= 11 is 0. The molecule has 1 fully saturated rings. The molecule has 0 amide bonds.